The van der Waals surface area contributed by atoms with Gasteiger partial charge in [0, 0.05) is 5.02 Å². The van der Waals surface area contributed by atoms with Crippen LogP contribution in [0.4, 0.5) is 5.69 Å². The summed E-state index contributed by atoms with van der Waals surface area (Å²) in [5.41, 5.74) is 1.74. The molecule has 144 valence electrons. The van der Waals surface area contributed by atoms with Crippen molar-refractivity contribution in [2.45, 2.75) is 6.92 Å². The highest BCUT2D eigenvalue weighted by atomic mass is 35.5. The number of methoxy groups -OCH3 is 2. The lowest BCUT2D eigenvalue weighted by atomic mass is 10.1. The molecule has 1 aliphatic rings. The number of ether oxygens (including phenoxy) is 2. The molecule has 0 saturated carbocycles. The normalized spacial score (nSPS) is 15.6. The molecule has 3 rings (SSSR count). The smallest absolute Gasteiger partial charge is 0.270 e. The zero-order valence-electron chi connectivity index (χ0n) is 15.4. The van der Waals surface area contributed by atoms with Gasteiger partial charge in [-0.1, -0.05) is 23.7 Å². The van der Waals surface area contributed by atoms with Crippen molar-refractivity contribution in [3.63, 3.8) is 0 Å². The lowest BCUT2D eigenvalue weighted by Gasteiger charge is -2.30. The third-order valence-corrected chi connectivity index (χ3v) is 4.99. The van der Waals surface area contributed by atoms with Crippen molar-refractivity contribution in [2.24, 2.45) is 0 Å². The fraction of sp³-hybridized carbons (Fsp3) is 0.150. The molecule has 0 bridgehead atoms. The quantitative estimate of drug-likeness (QED) is 0.469. The first-order chi connectivity index (χ1) is 13.4. The third kappa shape index (κ3) is 3.58. The van der Waals surface area contributed by atoms with Crippen LogP contribution in [0.25, 0.3) is 6.08 Å². The summed E-state index contributed by atoms with van der Waals surface area (Å²) in [6, 6.07) is 10.2. The minimum Gasteiger partial charge on any atom is -0.493 e. The van der Waals surface area contributed by atoms with Crippen LogP contribution in [0.2, 0.25) is 5.02 Å². The maximum Gasteiger partial charge on any atom is 0.270 e. The van der Waals surface area contributed by atoms with Gasteiger partial charge in [0.2, 0.25) is 0 Å². The van der Waals surface area contributed by atoms with E-state index in [9.17, 15) is 9.59 Å². The number of amides is 2. The highest BCUT2D eigenvalue weighted by Gasteiger charge is 2.35. The Morgan fingerprint density at radius 3 is 2.50 bits per heavy atom. The maximum absolute atomic E-state index is 13.1. The number of benzene rings is 2. The zero-order valence-corrected chi connectivity index (χ0v) is 17.0. The molecule has 0 aliphatic carbocycles. The molecule has 0 spiro atoms. The number of thiocarbonyl (C=S) groups is 1. The number of nitrogens with zero attached hydrogens (tertiary/aromatic N) is 1. The summed E-state index contributed by atoms with van der Waals surface area (Å²) >= 11 is 11.4. The van der Waals surface area contributed by atoms with Crippen molar-refractivity contribution in [1.82, 2.24) is 5.32 Å². The summed E-state index contributed by atoms with van der Waals surface area (Å²) in [4.78, 5) is 26.8. The van der Waals surface area contributed by atoms with E-state index in [0.717, 1.165) is 0 Å². The Bertz CT molecular complexity index is 1020. The SMILES string of the molecule is COc1ccc(/C=C2\C(=O)NC(=S)N(c3cccc(Cl)c3C)C2=O)cc1OC. The Morgan fingerprint density at radius 1 is 1.11 bits per heavy atom. The second-order valence-electron chi connectivity index (χ2n) is 5.96. The van der Waals surface area contributed by atoms with Gasteiger partial charge in [-0.25, -0.2) is 0 Å². The van der Waals surface area contributed by atoms with Gasteiger partial charge in [-0.3, -0.25) is 19.8 Å². The van der Waals surface area contributed by atoms with E-state index < -0.39 is 11.8 Å². The molecule has 0 radical (unpaired) electrons. The summed E-state index contributed by atoms with van der Waals surface area (Å²) in [7, 11) is 3.04. The summed E-state index contributed by atoms with van der Waals surface area (Å²) in [6.45, 7) is 1.78. The van der Waals surface area contributed by atoms with Crippen LogP contribution in [0.1, 0.15) is 11.1 Å². The fourth-order valence-electron chi connectivity index (χ4n) is 2.82. The number of anilines is 1. The van der Waals surface area contributed by atoms with E-state index >= 15 is 0 Å². The second-order valence-corrected chi connectivity index (χ2v) is 6.75. The molecule has 2 amide bonds. The van der Waals surface area contributed by atoms with Crippen molar-refractivity contribution in [3.8, 4) is 11.5 Å². The zero-order chi connectivity index (χ0) is 20.4. The molecule has 0 atom stereocenters. The molecule has 1 saturated heterocycles. The van der Waals surface area contributed by atoms with Crippen LogP contribution in [-0.4, -0.2) is 31.1 Å². The van der Waals surface area contributed by atoms with Crippen LogP contribution in [0.15, 0.2) is 42.0 Å². The van der Waals surface area contributed by atoms with Gasteiger partial charge in [-0.05, 0) is 60.6 Å². The summed E-state index contributed by atoms with van der Waals surface area (Å²) in [5.74, 6) is -0.0744. The number of hydrogen-bond acceptors (Lipinski definition) is 5. The summed E-state index contributed by atoms with van der Waals surface area (Å²) in [5, 5.41) is 3.06. The number of hydrogen-bond donors (Lipinski definition) is 1. The van der Waals surface area contributed by atoms with Crippen molar-refractivity contribution in [3.05, 3.63) is 58.1 Å². The van der Waals surface area contributed by atoms with Gasteiger partial charge in [0.15, 0.2) is 16.6 Å². The van der Waals surface area contributed by atoms with Crippen molar-refractivity contribution in [2.75, 3.05) is 19.1 Å². The van der Waals surface area contributed by atoms with Crippen LogP contribution in [0, 0.1) is 6.92 Å². The van der Waals surface area contributed by atoms with E-state index in [1.54, 1.807) is 43.3 Å². The van der Waals surface area contributed by atoms with E-state index in [-0.39, 0.29) is 10.7 Å². The van der Waals surface area contributed by atoms with Crippen molar-refractivity contribution < 1.29 is 19.1 Å². The lowest BCUT2D eigenvalue weighted by molar-refractivity contribution is -0.122. The second kappa shape index (κ2) is 8.00. The first-order valence-corrected chi connectivity index (χ1v) is 9.04. The molecule has 2 aromatic carbocycles. The number of nitrogens with one attached hydrogen (secondary N) is 1. The Labute approximate surface area is 172 Å². The van der Waals surface area contributed by atoms with Gasteiger partial charge in [-0.2, -0.15) is 0 Å². The van der Waals surface area contributed by atoms with E-state index in [1.165, 1.54) is 25.2 Å². The number of rotatable bonds is 4. The van der Waals surface area contributed by atoms with Crippen LogP contribution in [-0.2, 0) is 9.59 Å². The minimum atomic E-state index is -0.569. The Morgan fingerprint density at radius 2 is 1.82 bits per heavy atom. The molecule has 1 N–H and O–H groups in total. The molecule has 6 nitrogen and oxygen atoms in total. The Hall–Kier alpha value is -2.90. The van der Waals surface area contributed by atoms with Crippen molar-refractivity contribution in [1.29, 1.82) is 0 Å². The Kier molecular flexibility index (Phi) is 5.67. The van der Waals surface area contributed by atoms with Gasteiger partial charge < -0.3 is 9.47 Å². The predicted molar refractivity (Wildman–Crippen MR) is 112 cm³/mol. The van der Waals surface area contributed by atoms with Gasteiger partial charge in [-0.15, -0.1) is 0 Å². The largest absolute Gasteiger partial charge is 0.493 e. The summed E-state index contributed by atoms with van der Waals surface area (Å²) < 4.78 is 10.5. The van der Waals surface area contributed by atoms with Crippen LogP contribution >= 0.6 is 23.8 Å². The van der Waals surface area contributed by atoms with E-state index in [4.69, 9.17) is 33.3 Å². The molecule has 0 unspecified atom stereocenters. The lowest BCUT2D eigenvalue weighted by Crippen LogP contribution is -2.54. The molecular weight excluding hydrogens is 400 g/mol. The Balaban J connectivity index is 2.05. The molecule has 28 heavy (non-hydrogen) atoms. The summed E-state index contributed by atoms with van der Waals surface area (Å²) in [6.07, 6.45) is 1.48. The van der Waals surface area contributed by atoms with E-state index in [2.05, 4.69) is 5.32 Å². The fourth-order valence-corrected chi connectivity index (χ4v) is 3.27. The van der Waals surface area contributed by atoms with E-state index in [0.29, 0.717) is 33.3 Å². The van der Waals surface area contributed by atoms with Crippen LogP contribution < -0.4 is 19.7 Å². The first-order valence-electron chi connectivity index (χ1n) is 8.26. The molecule has 2 aromatic rings. The average Bonchev–Trinajstić information content (AvgIpc) is 2.68. The van der Waals surface area contributed by atoms with Gasteiger partial charge >= 0.3 is 0 Å². The first kappa shape index (κ1) is 19.9. The van der Waals surface area contributed by atoms with E-state index in [1.807, 2.05) is 0 Å². The average molecular weight is 417 g/mol. The molecule has 1 fully saturated rings. The molecule has 1 heterocycles. The highest BCUT2D eigenvalue weighted by Crippen LogP contribution is 2.31. The number of halogens is 1. The topological polar surface area (TPSA) is 67.9 Å². The molecule has 0 aromatic heterocycles. The third-order valence-electron chi connectivity index (χ3n) is 4.30. The standard InChI is InChI=1S/C20H17ClN2O4S/c1-11-14(21)5-4-6-15(11)23-19(25)13(18(24)22-20(23)28)9-12-7-8-16(26-2)17(10-12)27-3/h4-10H,1-3H3,(H,22,24,28)/b13-9+. The van der Waals surface area contributed by atoms with Gasteiger partial charge in [0.25, 0.3) is 11.8 Å². The van der Waals surface area contributed by atoms with Crippen molar-refractivity contribution >= 4 is 52.5 Å². The molecular formula is C20H17ClN2O4S. The van der Waals surface area contributed by atoms with Gasteiger partial charge in [0.05, 0.1) is 19.9 Å². The molecule has 8 heteroatoms. The number of carbonyl (C=O) groups excluding carboxylic acids is 2. The van der Waals surface area contributed by atoms with Crippen LogP contribution in [0.3, 0.4) is 0 Å². The number of carbonyl (C=O) groups is 2. The maximum atomic E-state index is 13.1. The van der Waals surface area contributed by atoms with Crippen LogP contribution in [0.5, 0.6) is 11.5 Å². The predicted octanol–water partition coefficient (Wildman–Crippen LogP) is 3.50. The van der Waals surface area contributed by atoms with Gasteiger partial charge in [0.1, 0.15) is 5.57 Å². The monoisotopic (exact) mass is 416 g/mol. The highest BCUT2D eigenvalue weighted by molar-refractivity contribution is 7.80. The minimum absolute atomic E-state index is 0.00447. The molecule has 1 aliphatic heterocycles.